The predicted molar refractivity (Wildman–Crippen MR) is 74.3 cm³/mol. The topological polar surface area (TPSA) is 133 Å². The molecule has 120 valence electrons. The summed E-state index contributed by atoms with van der Waals surface area (Å²) in [6, 6.07) is 3.51. The van der Waals surface area contributed by atoms with Gasteiger partial charge in [-0.15, -0.1) is 0 Å². The van der Waals surface area contributed by atoms with E-state index in [1.54, 1.807) is 0 Å². The molecule has 23 heavy (non-hydrogen) atoms. The molecule has 0 saturated carbocycles. The number of cyclic esters (lactones) is 2. The number of nitro groups is 1. The van der Waals surface area contributed by atoms with E-state index in [1.807, 2.05) is 0 Å². The molecule has 1 aromatic carbocycles. The Morgan fingerprint density at radius 2 is 1.83 bits per heavy atom. The number of nitrogens with zero attached hydrogens (tertiary/aromatic N) is 1. The van der Waals surface area contributed by atoms with Crippen molar-refractivity contribution in [1.29, 1.82) is 0 Å². The normalized spacial score (nSPS) is 16.3. The van der Waals surface area contributed by atoms with E-state index in [4.69, 9.17) is 14.6 Å². The van der Waals surface area contributed by atoms with Crippen molar-refractivity contribution in [3.05, 3.63) is 45.0 Å². The number of carboxylic acid groups (broad SMARTS) is 1. The van der Waals surface area contributed by atoms with Crippen molar-refractivity contribution in [3.8, 4) is 0 Å². The molecule has 2 rings (SSSR count). The van der Waals surface area contributed by atoms with Gasteiger partial charge >= 0.3 is 17.9 Å². The highest BCUT2D eigenvalue weighted by molar-refractivity contribution is 6.19. The van der Waals surface area contributed by atoms with Gasteiger partial charge < -0.3 is 14.6 Å². The van der Waals surface area contributed by atoms with E-state index >= 15 is 0 Å². The van der Waals surface area contributed by atoms with E-state index in [-0.39, 0.29) is 5.56 Å². The van der Waals surface area contributed by atoms with Crippen molar-refractivity contribution < 1.29 is 33.9 Å². The van der Waals surface area contributed by atoms with Gasteiger partial charge in [-0.05, 0) is 18.2 Å². The number of aromatic carboxylic acids is 1. The standard InChI is InChI=1S/C14H11NO8/c1-14(2)22-12(18)9(13(19)23-14)6-7-4-3-5-8(11(16)17)10(7)15(20)21/h3-6H,1-2H3,(H,16,17). The fraction of sp³-hybridized carbons (Fsp3) is 0.214. The summed E-state index contributed by atoms with van der Waals surface area (Å²) in [4.78, 5) is 45.0. The lowest BCUT2D eigenvalue weighted by atomic mass is 10.0. The third-order valence-corrected chi connectivity index (χ3v) is 2.90. The summed E-state index contributed by atoms with van der Waals surface area (Å²) < 4.78 is 9.74. The second kappa shape index (κ2) is 5.52. The summed E-state index contributed by atoms with van der Waals surface area (Å²) in [5, 5.41) is 20.1. The second-order valence-corrected chi connectivity index (χ2v) is 5.04. The summed E-state index contributed by atoms with van der Waals surface area (Å²) in [6.45, 7) is 2.71. The van der Waals surface area contributed by atoms with Gasteiger partial charge in [-0.25, -0.2) is 14.4 Å². The van der Waals surface area contributed by atoms with Gasteiger partial charge in [0.05, 0.1) is 10.5 Å². The molecule has 1 heterocycles. The van der Waals surface area contributed by atoms with Gasteiger partial charge in [0.25, 0.3) is 11.5 Å². The molecule has 0 aliphatic carbocycles. The van der Waals surface area contributed by atoms with Crippen molar-refractivity contribution in [3.63, 3.8) is 0 Å². The van der Waals surface area contributed by atoms with Gasteiger partial charge in [-0.3, -0.25) is 10.1 Å². The Morgan fingerprint density at radius 3 is 2.30 bits per heavy atom. The summed E-state index contributed by atoms with van der Waals surface area (Å²) in [5.74, 6) is -4.98. The Balaban J connectivity index is 2.58. The maximum atomic E-state index is 11.8. The third-order valence-electron chi connectivity index (χ3n) is 2.90. The Morgan fingerprint density at radius 1 is 1.26 bits per heavy atom. The molecular weight excluding hydrogens is 310 g/mol. The first-order valence-electron chi connectivity index (χ1n) is 6.31. The van der Waals surface area contributed by atoms with E-state index in [1.165, 1.54) is 26.0 Å². The van der Waals surface area contributed by atoms with Crippen LogP contribution in [0.15, 0.2) is 23.8 Å². The van der Waals surface area contributed by atoms with Crippen LogP contribution in [0.25, 0.3) is 6.08 Å². The molecule has 1 N–H and O–H groups in total. The molecule has 1 saturated heterocycles. The number of esters is 2. The summed E-state index contributed by atoms with van der Waals surface area (Å²) in [6.07, 6.45) is 0.879. The van der Waals surface area contributed by atoms with Crippen LogP contribution >= 0.6 is 0 Å². The number of benzene rings is 1. The number of carbonyl (C=O) groups excluding carboxylic acids is 2. The highest BCUT2D eigenvalue weighted by atomic mass is 16.7. The first-order valence-corrected chi connectivity index (χ1v) is 6.31. The van der Waals surface area contributed by atoms with E-state index in [0.29, 0.717) is 0 Å². The molecule has 1 aliphatic rings. The van der Waals surface area contributed by atoms with E-state index in [2.05, 4.69) is 0 Å². The molecule has 1 aromatic rings. The van der Waals surface area contributed by atoms with Crippen LogP contribution in [-0.2, 0) is 19.1 Å². The molecule has 0 amide bonds. The lowest BCUT2D eigenvalue weighted by Crippen LogP contribution is -2.41. The molecule has 1 fully saturated rings. The smallest absolute Gasteiger partial charge is 0.348 e. The van der Waals surface area contributed by atoms with Crippen molar-refractivity contribution in [1.82, 2.24) is 0 Å². The molecule has 0 radical (unpaired) electrons. The lowest BCUT2D eigenvalue weighted by Gasteiger charge is -2.29. The number of hydrogen-bond acceptors (Lipinski definition) is 7. The lowest BCUT2D eigenvalue weighted by molar-refractivity contribution is -0.385. The van der Waals surface area contributed by atoms with E-state index < -0.39 is 45.4 Å². The number of ether oxygens (including phenoxy) is 2. The average Bonchev–Trinajstić information content (AvgIpc) is 2.41. The molecule has 1 aliphatic heterocycles. The zero-order valence-electron chi connectivity index (χ0n) is 12.1. The van der Waals surface area contributed by atoms with Crippen LogP contribution in [0.1, 0.15) is 29.8 Å². The Bertz CT molecular complexity index is 740. The summed E-state index contributed by atoms with van der Waals surface area (Å²) >= 11 is 0. The van der Waals surface area contributed by atoms with Gasteiger partial charge in [-0.1, -0.05) is 6.07 Å². The van der Waals surface area contributed by atoms with Gasteiger partial charge in [-0.2, -0.15) is 0 Å². The van der Waals surface area contributed by atoms with Crippen LogP contribution < -0.4 is 0 Å². The Labute approximate surface area is 129 Å². The molecule has 0 bridgehead atoms. The summed E-state index contributed by atoms with van der Waals surface area (Å²) in [7, 11) is 0. The van der Waals surface area contributed by atoms with E-state index in [0.717, 1.165) is 12.1 Å². The fourth-order valence-corrected chi connectivity index (χ4v) is 1.99. The highest BCUT2D eigenvalue weighted by Crippen LogP contribution is 2.29. The number of rotatable bonds is 3. The van der Waals surface area contributed by atoms with Gasteiger partial charge in [0.15, 0.2) is 0 Å². The zero-order chi connectivity index (χ0) is 17.4. The third kappa shape index (κ3) is 3.18. The minimum atomic E-state index is -1.51. The maximum Gasteiger partial charge on any atom is 0.348 e. The number of hydrogen-bond donors (Lipinski definition) is 1. The van der Waals surface area contributed by atoms with Crippen molar-refractivity contribution >= 4 is 29.7 Å². The molecule has 9 heteroatoms. The number of carboxylic acids is 1. The average molecular weight is 321 g/mol. The quantitative estimate of drug-likeness (QED) is 0.291. The molecule has 0 aromatic heterocycles. The van der Waals surface area contributed by atoms with Gasteiger partial charge in [0.1, 0.15) is 11.1 Å². The highest BCUT2D eigenvalue weighted by Gasteiger charge is 2.39. The van der Waals surface area contributed by atoms with Crippen molar-refractivity contribution in [2.75, 3.05) is 0 Å². The van der Waals surface area contributed by atoms with Crippen LogP contribution in [0.3, 0.4) is 0 Å². The van der Waals surface area contributed by atoms with Crippen molar-refractivity contribution in [2.45, 2.75) is 19.6 Å². The molecule has 0 unspecified atom stereocenters. The molecule has 0 spiro atoms. The monoisotopic (exact) mass is 321 g/mol. The van der Waals surface area contributed by atoms with Gasteiger partial charge in [0, 0.05) is 13.8 Å². The summed E-state index contributed by atoms with van der Waals surface area (Å²) in [5.41, 5.74) is -2.09. The van der Waals surface area contributed by atoms with E-state index in [9.17, 15) is 24.5 Å². The predicted octanol–water partition coefficient (Wildman–Crippen LogP) is 1.51. The first-order chi connectivity index (χ1) is 10.6. The van der Waals surface area contributed by atoms with Crippen LogP contribution in [0.5, 0.6) is 0 Å². The molecule has 9 nitrogen and oxygen atoms in total. The second-order valence-electron chi connectivity index (χ2n) is 5.04. The van der Waals surface area contributed by atoms with Crippen LogP contribution in [-0.4, -0.2) is 33.7 Å². The first kappa shape index (κ1) is 16.1. The van der Waals surface area contributed by atoms with Crippen molar-refractivity contribution in [2.24, 2.45) is 0 Å². The maximum absolute atomic E-state index is 11.8. The van der Waals surface area contributed by atoms with Gasteiger partial charge in [0.2, 0.25) is 0 Å². The minimum Gasteiger partial charge on any atom is -0.477 e. The fourth-order valence-electron chi connectivity index (χ4n) is 1.99. The van der Waals surface area contributed by atoms with Crippen LogP contribution in [0.4, 0.5) is 5.69 Å². The molecular formula is C14H11NO8. The molecule has 0 atom stereocenters. The number of para-hydroxylation sites is 1. The van der Waals surface area contributed by atoms with Crippen LogP contribution in [0, 0.1) is 10.1 Å². The SMILES string of the molecule is CC1(C)OC(=O)C(=Cc2cccc(C(=O)O)c2[N+](=O)[O-])C(=O)O1. The zero-order valence-corrected chi connectivity index (χ0v) is 12.1. The Kier molecular flexibility index (Phi) is 3.87. The minimum absolute atomic E-state index is 0.224. The number of nitro benzene ring substituents is 1. The Hall–Kier alpha value is -3.23. The van der Waals surface area contributed by atoms with Crippen LogP contribution in [0.2, 0.25) is 0 Å². The number of carbonyl (C=O) groups is 3. The largest absolute Gasteiger partial charge is 0.477 e.